The Morgan fingerprint density at radius 3 is 2.08 bits per heavy atom. The molecule has 2 N–H and O–H groups in total. The van der Waals surface area contributed by atoms with Crippen molar-refractivity contribution >= 4 is 5.78 Å². The summed E-state index contributed by atoms with van der Waals surface area (Å²) in [7, 11) is 0. The van der Waals surface area contributed by atoms with E-state index in [1.165, 1.54) is 0 Å². The van der Waals surface area contributed by atoms with Gasteiger partial charge >= 0.3 is 0 Å². The SMILES string of the molecule is C=C(C)CCC(=O)C(N)(CC)CC. The van der Waals surface area contributed by atoms with Gasteiger partial charge < -0.3 is 5.73 Å². The van der Waals surface area contributed by atoms with Gasteiger partial charge in [-0.05, 0) is 26.2 Å². The van der Waals surface area contributed by atoms with Gasteiger partial charge in [-0.1, -0.05) is 19.4 Å². The van der Waals surface area contributed by atoms with Crippen molar-refractivity contribution in [2.24, 2.45) is 5.73 Å². The van der Waals surface area contributed by atoms with Crippen LogP contribution in [0, 0.1) is 0 Å². The van der Waals surface area contributed by atoms with Crippen LogP contribution in [0.5, 0.6) is 0 Å². The molecule has 2 nitrogen and oxygen atoms in total. The lowest BCUT2D eigenvalue weighted by atomic mass is 9.86. The van der Waals surface area contributed by atoms with Crippen molar-refractivity contribution in [3.63, 3.8) is 0 Å². The number of nitrogens with two attached hydrogens (primary N) is 1. The highest BCUT2D eigenvalue weighted by atomic mass is 16.1. The largest absolute Gasteiger partial charge is 0.319 e. The molecule has 2 heteroatoms. The lowest BCUT2D eigenvalue weighted by molar-refractivity contribution is -0.124. The van der Waals surface area contributed by atoms with Gasteiger partial charge in [0.1, 0.15) is 0 Å². The zero-order valence-electron chi connectivity index (χ0n) is 9.02. The molecule has 0 atom stereocenters. The van der Waals surface area contributed by atoms with Crippen molar-refractivity contribution in [1.29, 1.82) is 0 Å². The Morgan fingerprint density at radius 1 is 1.31 bits per heavy atom. The van der Waals surface area contributed by atoms with Crippen LogP contribution >= 0.6 is 0 Å². The normalized spacial score (nSPS) is 11.4. The molecule has 0 radical (unpaired) electrons. The smallest absolute Gasteiger partial charge is 0.152 e. The second-order valence-electron chi connectivity index (χ2n) is 3.74. The average molecular weight is 183 g/mol. The summed E-state index contributed by atoms with van der Waals surface area (Å²) in [4.78, 5) is 11.7. The zero-order chi connectivity index (χ0) is 10.5. The van der Waals surface area contributed by atoms with Crippen molar-refractivity contribution in [3.05, 3.63) is 12.2 Å². The first-order chi connectivity index (χ1) is 5.96. The number of rotatable bonds is 6. The van der Waals surface area contributed by atoms with Gasteiger partial charge in [-0.3, -0.25) is 4.79 Å². The molecule has 76 valence electrons. The third-order valence-electron chi connectivity index (χ3n) is 2.60. The molecule has 0 rings (SSSR count). The third-order valence-corrected chi connectivity index (χ3v) is 2.60. The van der Waals surface area contributed by atoms with E-state index < -0.39 is 5.54 Å². The zero-order valence-corrected chi connectivity index (χ0v) is 9.02. The standard InChI is InChI=1S/C11H21NO/c1-5-11(12,6-2)10(13)8-7-9(3)4/h3,5-8,12H2,1-2,4H3. The molecule has 0 amide bonds. The topological polar surface area (TPSA) is 43.1 Å². The highest BCUT2D eigenvalue weighted by molar-refractivity contribution is 5.88. The minimum absolute atomic E-state index is 0.167. The number of carbonyl (C=O) groups is 1. The quantitative estimate of drug-likeness (QED) is 0.643. The van der Waals surface area contributed by atoms with Crippen molar-refractivity contribution < 1.29 is 4.79 Å². The second kappa shape index (κ2) is 5.18. The summed E-state index contributed by atoms with van der Waals surface area (Å²) in [6, 6.07) is 0. The molecule has 0 aromatic carbocycles. The Hall–Kier alpha value is -0.630. The molecule has 0 aliphatic heterocycles. The Balaban J connectivity index is 4.15. The Kier molecular flexibility index (Phi) is 4.92. The summed E-state index contributed by atoms with van der Waals surface area (Å²) in [5.41, 5.74) is 6.39. The van der Waals surface area contributed by atoms with Gasteiger partial charge in [0.15, 0.2) is 5.78 Å². The number of carbonyl (C=O) groups excluding carboxylic acids is 1. The monoisotopic (exact) mass is 183 g/mol. The van der Waals surface area contributed by atoms with Gasteiger partial charge in [0, 0.05) is 6.42 Å². The average Bonchev–Trinajstić information content (AvgIpc) is 2.12. The second-order valence-corrected chi connectivity index (χ2v) is 3.74. The molecule has 0 saturated heterocycles. The van der Waals surface area contributed by atoms with Crippen LogP contribution in [0.3, 0.4) is 0 Å². The van der Waals surface area contributed by atoms with Gasteiger partial charge in [0.2, 0.25) is 0 Å². The molecule has 0 fully saturated rings. The van der Waals surface area contributed by atoms with E-state index in [-0.39, 0.29) is 5.78 Å². The molecular formula is C11H21NO. The lowest BCUT2D eigenvalue weighted by Crippen LogP contribution is -2.46. The minimum Gasteiger partial charge on any atom is -0.319 e. The van der Waals surface area contributed by atoms with Crippen LogP contribution in [0.4, 0.5) is 0 Å². The van der Waals surface area contributed by atoms with Crippen molar-refractivity contribution in [1.82, 2.24) is 0 Å². The molecule has 0 spiro atoms. The Morgan fingerprint density at radius 2 is 1.77 bits per heavy atom. The number of allylic oxidation sites excluding steroid dienone is 1. The van der Waals surface area contributed by atoms with Gasteiger partial charge in [0.25, 0.3) is 0 Å². The van der Waals surface area contributed by atoms with Gasteiger partial charge in [-0.25, -0.2) is 0 Å². The first kappa shape index (κ1) is 12.4. The third kappa shape index (κ3) is 3.73. The van der Waals surface area contributed by atoms with Crippen LogP contribution in [0.2, 0.25) is 0 Å². The highest BCUT2D eigenvalue weighted by Crippen LogP contribution is 2.16. The van der Waals surface area contributed by atoms with E-state index in [9.17, 15) is 4.79 Å². The van der Waals surface area contributed by atoms with Crippen LogP contribution in [0.25, 0.3) is 0 Å². The van der Waals surface area contributed by atoms with Gasteiger partial charge in [-0.15, -0.1) is 6.58 Å². The fourth-order valence-corrected chi connectivity index (χ4v) is 1.22. The molecule has 0 aromatic heterocycles. The first-order valence-electron chi connectivity index (χ1n) is 4.92. The maximum Gasteiger partial charge on any atom is 0.152 e. The molecule has 13 heavy (non-hydrogen) atoms. The van der Waals surface area contributed by atoms with Gasteiger partial charge in [-0.2, -0.15) is 0 Å². The van der Waals surface area contributed by atoms with E-state index in [1.54, 1.807) is 0 Å². The Labute approximate surface area is 81.2 Å². The fraction of sp³-hybridized carbons (Fsp3) is 0.727. The fourth-order valence-electron chi connectivity index (χ4n) is 1.22. The minimum atomic E-state index is -0.602. The molecule has 0 heterocycles. The van der Waals surface area contributed by atoms with Gasteiger partial charge in [0.05, 0.1) is 5.54 Å². The van der Waals surface area contributed by atoms with Crippen molar-refractivity contribution in [2.45, 2.75) is 52.0 Å². The molecule has 0 bridgehead atoms. The summed E-state index contributed by atoms with van der Waals surface area (Å²) < 4.78 is 0. The summed E-state index contributed by atoms with van der Waals surface area (Å²) in [6.07, 6.45) is 2.74. The highest BCUT2D eigenvalue weighted by Gasteiger charge is 2.28. The number of Topliss-reactive ketones (excluding diaryl/α,β-unsaturated/α-hetero) is 1. The molecule has 0 unspecified atom stereocenters. The van der Waals surface area contributed by atoms with E-state index in [0.717, 1.165) is 24.8 Å². The molecule has 0 aliphatic rings. The number of hydrogen-bond acceptors (Lipinski definition) is 2. The van der Waals surface area contributed by atoms with Crippen molar-refractivity contribution in [3.8, 4) is 0 Å². The number of ketones is 1. The summed E-state index contributed by atoms with van der Waals surface area (Å²) in [5.74, 6) is 0.167. The first-order valence-corrected chi connectivity index (χ1v) is 4.92. The predicted molar refractivity (Wildman–Crippen MR) is 56.6 cm³/mol. The maximum atomic E-state index is 11.7. The van der Waals surface area contributed by atoms with Crippen LogP contribution < -0.4 is 5.73 Å². The molecule has 0 aliphatic carbocycles. The Bertz CT molecular complexity index is 192. The van der Waals surface area contributed by atoms with Crippen LogP contribution in [0.15, 0.2) is 12.2 Å². The van der Waals surface area contributed by atoms with E-state index in [1.807, 2.05) is 20.8 Å². The van der Waals surface area contributed by atoms with E-state index in [4.69, 9.17) is 5.73 Å². The summed E-state index contributed by atoms with van der Waals surface area (Å²) >= 11 is 0. The molecule has 0 aromatic rings. The lowest BCUT2D eigenvalue weighted by Gasteiger charge is -2.24. The van der Waals surface area contributed by atoms with Crippen LogP contribution in [-0.2, 0) is 4.79 Å². The molecule has 0 saturated carbocycles. The predicted octanol–water partition coefficient (Wildman–Crippen LogP) is 2.43. The van der Waals surface area contributed by atoms with Crippen LogP contribution in [-0.4, -0.2) is 11.3 Å². The van der Waals surface area contributed by atoms with E-state index >= 15 is 0 Å². The maximum absolute atomic E-state index is 11.7. The van der Waals surface area contributed by atoms with Crippen molar-refractivity contribution in [2.75, 3.05) is 0 Å². The van der Waals surface area contributed by atoms with E-state index in [0.29, 0.717) is 6.42 Å². The summed E-state index contributed by atoms with van der Waals surface area (Å²) in [6.45, 7) is 9.62. The van der Waals surface area contributed by atoms with E-state index in [2.05, 4.69) is 6.58 Å². The molecular weight excluding hydrogens is 162 g/mol. The number of hydrogen-bond donors (Lipinski definition) is 1. The summed E-state index contributed by atoms with van der Waals surface area (Å²) in [5, 5.41) is 0. The van der Waals surface area contributed by atoms with Crippen LogP contribution in [0.1, 0.15) is 46.5 Å².